The molecule has 0 aliphatic carbocycles. The summed E-state index contributed by atoms with van der Waals surface area (Å²) >= 11 is 0. The van der Waals surface area contributed by atoms with Gasteiger partial charge in [-0.15, -0.1) is 0 Å². The van der Waals surface area contributed by atoms with Crippen molar-refractivity contribution in [1.29, 1.82) is 0 Å². The van der Waals surface area contributed by atoms with Gasteiger partial charge < -0.3 is 20.3 Å². The second kappa shape index (κ2) is 10.6. The van der Waals surface area contributed by atoms with Crippen molar-refractivity contribution in [3.05, 3.63) is 108 Å². The second-order valence-corrected chi connectivity index (χ2v) is 7.79. The summed E-state index contributed by atoms with van der Waals surface area (Å²) in [5.74, 6) is 0.980. The Morgan fingerprint density at radius 3 is 2.52 bits per heavy atom. The van der Waals surface area contributed by atoms with Gasteiger partial charge in [0.25, 0.3) is 5.91 Å². The van der Waals surface area contributed by atoms with Gasteiger partial charge in [-0.1, -0.05) is 60.7 Å². The minimum Gasteiger partial charge on any atom is -0.394 e. The predicted molar refractivity (Wildman–Crippen MR) is 128 cm³/mol. The summed E-state index contributed by atoms with van der Waals surface area (Å²) in [5, 5.41) is 15.9. The molecule has 3 N–H and O–H groups in total. The van der Waals surface area contributed by atoms with Crippen molar-refractivity contribution in [1.82, 2.24) is 19.9 Å². The van der Waals surface area contributed by atoms with Crippen LogP contribution in [0, 0.1) is 6.92 Å². The lowest BCUT2D eigenvalue weighted by Crippen LogP contribution is -2.30. The quantitative estimate of drug-likeness (QED) is 0.368. The van der Waals surface area contributed by atoms with E-state index in [2.05, 4.69) is 32.7 Å². The Hall–Kier alpha value is -3.97. The Bertz CT molecular complexity index is 1190. The first kappa shape index (κ1) is 22.2. The molecule has 0 saturated heterocycles. The number of rotatable bonds is 9. The molecule has 1 amide bonds. The van der Waals surface area contributed by atoms with E-state index in [-0.39, 0.29) is 12.5 Å². The monoisotopic (exact) mass is 441 g/mol. The van der Waals surface area contributed by atoms with Crippen molar-refractivity contribution < 1.29 is 9.90 Å². The van der Waals surface area contributed by atoms with Gasteiger partial charge in [0.2, 0.25) is 5.95 Å². The number of hydrogen-bond acceptors (Lipinski definition) is 5. The van der Waals surface area contributed by atoms with E-state index in [1.54, 1.807) is 24.7 Å². The molecule has 2 aromatic heterocycles. The molecule has 33 heavy (non-hydrogen) atoms. The third kappa shape index (κ3) is 5.64. The molecule has 1 unspecified atom stereocenters. The number of hydrogen-bond donors (Lipinski definition) is 3. The van der Waals surface area contributed by atoms with Crippen LogP contribution in [-0.2, 0) is 6.42 Å². The van der Waals surface area contributed by atoms with Crippen LogP contribution in [-0.4, -0.2) is 38.7 Å². The summed E-state index contributed by atoms with van der Waals surface area (Å²) in [6.45, 7) is 2.47. The molecule has 7 nitrogen and oxygen atoms in total. The highest BCUT2D eigenvalue weighted by atomic mass is 16.3. The molecule has 0 aliphatic heterocycles. The summed E-state index contributed by atoms with van der Waals surface area (Å²) in [7, 11) is 0. The molecular formula is C26H27N5O2. The van der Waals surface area contributed by atoms with E-state index < -0.39 is 6.04 Å². The maximum atomic E-state index is 12.8. The summed E-state index contributed by atoms with van der Waals surface area (Å²) in [4.78, 5) is 21.8. The number of carbonyl (C=O) groups excluding carboxylic acids is 1. The minimum atomic E-state index is -0.469. The average molecular weight is 442 g/mol. The SMILES string of the molecule is Cc1cnc(NCCc2ccccc2)nc1-n1ccc(C(=O)NC(CO)c2ccccc2)c1. The molecule has 2 aromatic carbocycles. The Labute approximate surface area is 193 Å². The highest BCUT2D eigenvalue weighted by molar-refractivity contribution is 5.94. The Balaban J connectivity index is 1.43. The van der Waals surface area contributed by atoms with Crippen LogP contribution in [0.15, 0.2) is 85.3 Å². The summed E-state index contributed by atoms with van der Waals surface area (Å²) in [5.41, 5.74) is 3.48. The number of aliphatic hydroxyl groups is 1. The van der Waals surface area contributed by atoms with Gasteiger partial charge in [0.15, 0.2) is 0 Å². The number of amides is 1. The van der Waals surface area contributed by atoms with Gasteiger partial charge in [0, 0.05) is 30.7 Å². The van der Waals surface area contributed by atoms with E-state index in [1.807, 2.05) is 60.0 Å². The molecule has 4 rings (SSSR count). The van der Waals surface area contributed by atoms with Gasteiger partial charge in [-0.3, -0.25) is 4.79 Å². The van der Waals surface area contributed by atoms with Gasteiger partial charge in [-0.2, -0.15) is 4.98 Å². The normalized spacial score (nSPS) is 11.7. The molecule has 0 saturated carbocycles. The molecule has 168 valence electrons. The van der Waals surface area contributed by atoms with Crippen LogP contribution in [0.25, 0.3) is 5.82 Å². The van der Waals surface area contributed by atoms with E-state index in [4.69, 9.17) is 0 Å². The molecule has 0 bridgehead atoms. The van der Waals surface area contributed by atoms with Gasteiger partial charge in [-0.25, -0.2) is 4.98 Å². The summed E-state index contributed by atoms with van der Waals surface area (Å²) < 4.78 is 1.81. The van der Waals surface area contributed by atoms with E-state index in [1.165, 1.54) is 5.56 Å². The molecule has 0 spiro atoms. The van der Waals surface area contributed by atoms with E-state index in [0.717, 1.165) is 17.5 Å². The fraction of sp³-hybridized carbons (Fsp3) is 0.192. The second-order valence-electron chi connectivity index (χ2n) is 7.79. The standard InChI is InChI=1S/C26H27N5O2/c1-19-16-28-26(27-14-12-20-8-4-2-5-9-20)30-24(19)31-15-13-22(17-31)25(33)29-23(18-32)21-10-6-3-7-11-21/h2-11,13,15-17,23,32H,12,14,18H2,1H3,(H,29,33)(H,27,28,30). The number of benzene rings is 2. The largest absolute Gasteiger partial charge is 0.394 e. The fourth-order valence-corrected chi connectivity index (χ4v) is 3.57. The van der Waals surface area contributed by atoms with E-state index in [9.17, 15) is 9.90 Å². The molecule has 0 aliphatic rings. The zero-order chi connectivity index (χ0) is 23.0. The topological polar surface area (TPSA) is 92.1 Å². The van der Waals surface area contributed by atoms with Crippen molar-refractivity contribution in [2.75, 3.05) is 18.5 Å². The zero-order valence-electron chi connectivity index (χ0n) is 18.5. The molecule has 2 heterocycles. The lowest BCUT2D eigenvalue weighted by Gasteiger charge is -2.16. The minimum absolute atomic E-state index is 0.181. The number of nitrogens with zero attached hydrogens (tertiary/aromatic N) is 3. The zero-order valence-corrected chi connectivity index (χ0v) is 18.5. The van der Waals surface area contributed by atoms with Crippen molar-refractivity contribution in [2.45, 2.75) is 19.4 Å². The fourth-order valence-electron chi connectivity index (χ4n) is 3.57. The molecule has 1 atom stereocenters. The van der Waals surface area contributed by atoms with Crippen LogP contribution >= 0.6 is 0 Å². The third-order valence-corrected chi connectivity index (χ3v) is 5.37. The van der Waals surface area contributed by atoms with Crippen molar-refractivity contribution in [3.8, 4) is 5.82 Å². The summed E-state index contributed by atoms with van der Waals surface area (Å²) in [6.07, 6.45) is 6.17. The Morgan fingerprint density at radius 2 is 1.79 bits per heavy atom. The van der Waals surface area contributed by atoms with E-state index >= 15 is 0 Å². The van der Waals surface area contributed by atoms with Gasteiger partial charge >= 0.3 is 0 Å². The van der Waals surface area contributed by atoms with Gasteiger partial charge in [-0.05, 0) is 30.5 Å². The van der Waals surface area contributed by atoms with Crippen molar-refractivity contribution >= 4 is 11.9 Å². The number of anilines is 1. The highest BCUT2D eigenvalue weighted by Crippen LogP contribution is 2.17. The van der Waals surface area contributed by atoms with Crippen molar-refractivity contribution in [2.24, 2.45) is 0 Å². The summed E-state index contributed by atoms with van der Waals surface area (Å²) in [6, 6.07) is 20.9. The predicted octanol–water partition coefficient (Wildman–Crippen LogP) is 3.69. The van der Waals surface area contributed by atoms with Crippen molar-refractivity contribution in [3.63, 3.8) is 0 Å². The number of aliphatic hydroxyl groups excluding tert-OH is 1. The molecule has 4 aromatic rings. The van der Waals surface area contributed by atoms with Crippen LogP contribution in [0.2, 0.25) is 0 Å². The lowest BCUT2D eigenvalue weighted by molar-refractivity contribution is 0.0916. The van der Waals surface area contributed by atoms with Crippen LogP contribution in [0.5, 0.6) is 0 Å². The van der Waals surface area contributed by atoms with Crippen LogP contribution in [0.3, 0.4) is 0 Å². The maximum Gasteiger partial charge on any atom is 0.253 e. The van der Waals surface area contributed by atoms with Crippen LogP contribution < -0.4 is 10.6 Å². The van der Waals surface area contributed by atoms with E-state index in [0.29, 0.717) is 23.9 Å². The first-order chi connectivity index (χ1) is 16.1. The molecule has 0 radical (unpaired) electrons. The van der Waals surface area contributed by atoms with Gasteiger partial charge in [0.1, 0.15) is 5.82 Å². The highest BCUT2D eigenvalue weighted by Gasteiger charge is 2.16. The third-order valence-electron chi connectivity index (χ3n) is 5.37. The number of carbonyl (C=O) groups is 1. The lowest BCUT2D eigenvalue weighted by atomic mass is 10.1. The maximum absolute atomic E-state index is 12.8. The van der Waals surface area contributed by atoms with Crippen LogP contribution in [0.1, 0.15) is 33.1 Å². The van der Waals surface area contributed by atoms with Crippen LogP contribution in [0.4, 0.5) is 5.95 Å². The number of nitrogens with one attached hydrogen (secondary N) is 2. The Morgan fingerprint density at radius 1 is 1.06 bits per heavy atom. The average Bonchev–Trinajstić information content (AvgIpc) is 3.35. The molecule has 7 heteroatoms. The smallest absolute Gasteiger partial charge is 0.253 e. The van der Waals surface area contributed by atoms with Gasteiger partial charge in [0.05, 0.1) is 18.2 Å². The molecular weight excluding hydrogens is 414 g/mol. The number of aryl methyl sites for hydroxylation is 1. The molecule has 0 fully saturated rings. The first-order valence-corrected chi connectivity index (χ1v) is 10.9. The Kier molecular flexibility index (Phi) is 7.12. The first-order valence-electron chi connectivity index (χ1n) is 10.9. The number of aromatic nitrogens is 3.